The molecule has 13 heteroatoms. The summed E-state index contributed by atoms with van der Waals surface area (Å²) in [6.45, 7) is 2.05. The number of hydrogen-bond acceptors (Lipinski definition) is 7. The van der Waals surface area contributed by atoms with Crippen LogP contribution in [0, 0.1) is 5.92 Å². The normalized spacial score (nSPS) is 19.1. The number of piperazine rings is 1. The van der Waals surface area contributed by atoms with Crippen molar-refractivity contribution in [1.82, 2.24) is 19.2 Å². The summed E-state index contributed by atoms with van der Waals surface area (Å²) in [4.78, 5) is 22.8. The number of halogens is 3. The number of rotatable bonds is 6. The highest BCUT2D eigenvalue weighted by Gasteiger charge is 2.33. The quantitative estimate of drug-likeness (QED) is 0.463. The van der Waals surface area contributed by atoms with Gasteiger partial charge in [-0.05, 0) is 42.7 Å². The van der Waals surface area contributed by atoms with Crippen LogP contribution in [0.4, 0.5) is 13.2 Å². The van der Waals surface area contributed by atoms with Gasteiger partial charge in [0.15, 0.2) is 0 Å². The van der Waals surface area contributed by atoms with E-state index in [-0.39, 0.29) is 55.3 Å². The lowest BCUT2D eigenvalue weighted by atomic mass is 10.2. The smallest absolute Gasteiger partial charge is 0.417 e. The maximum atomic E-state index is 13.1. The van der Waals surface area contributed by atoms with Crippen LogP contribution in [-0.4, -0.2) is 78.6 Å². The Morgan fingerprint density at radius 3 is 2.53 bits per heavy atom. The van der Waals surface area contributed by atoms with Gasteiger partial charge in [-0.1, -0.05) is 6.07 Å². The molecule has 2 aliphatic heterocycles. The lowest BCUT2D eigenvalue weighted by Gasteiger charge is -2.34. The Labute approximate surface area is 217 Å². The lowest BCUT2D eigenvalue weighted by Crippen LogP contribution is -2.51. The van der Waals surface area contributed by atoms with Crippen molar-refractivity contribution in [2.75, 3.05) is 45.1 Å². The van der Waals surface area contributed by atoms with Crippen LogP contribution >= 0.6 is 0 Å². The molecule has 2 fully saturated rings. The molecule has 38 heavy (non-hydrogen) atoms. The zero-order chi connectivity index (χ0) is 26.9. The van der Waals surface area contributed by atoms with Gasteiger partial charge in [-0.2, -0.15) is 17.5 Å². The molecule has 0 saturated carbocycles. The van der Waals surface area contributed by atoms with Gasteiger partial charge < -0.3 is 14.4 Å². The van der Waals surface area contributed by atoms with Crippen LogP contribution in [0.25, 0.3) is 10.9 Å². The van der Waals surface area contributed by atoms with E-state index >= 15 is 0 Å². The van der Waals surface area contributed by atoms with Gasteiger partial charge in [-0.15, -0.1) is 0 Å². The van der Waals surface area contributed by atoms with Crippen molar-refractivity contribution in [3.8, 4) is 11.6 Å². The second-order valence-electron chi connectivity index (χ2n) is 9.24. The Morgan fingerprint density at radius 1 is 1.08 bits per heavy atom. The van der Waals surface area contributed by atoms with Crippen molar-refractivity contribution in [3.63, 3.8) is 0 Å². The van der Waals surface area contributed by atoms with Crippen LogP contribution in [0.15, 0.2) is 48.7 Å². The number of carbonyl (C=O) groups excluding carboxylic acids is 1. The minimum atomic E-state index is -4.48. The Balaban J connectivity index is 1.21. The third-order valence-electron chi connectivity index (χ3n) is 6.56. The molecular weight excluding hydrogens is 525 g/mol. The van der Waals surface area contributed by atoms with Crippen molar-refractivity contribution in [2.45, 2.75) is 12.6 Å². The predicted molar refractivity (Wildman–Crippen MR) is 131 cm³/mol. The Morgan fingerprint density at radius 2 is 1.87 bits per heavy atom. The maximum Gasteiger partial charge on any atom is 0.417 e. The van der Waals surface area contributed by atoms with Gasteiger partial charge in [-0.3, -0.25) is 4.79 Å². The highest BCUT2D eigenvalue weighted by atomic mass is 32.2. The highest BCUT2D eigenvalue weighted by molar-refractivity contribution is 7.89. The summed E-state index contributed by atoms with van der Waals surface area (Å²) in [7, 11) is -3.41. The molecule has 1 unspecified atom stereocenters. The van der Waals surface area contributed by atoms with E-state index in [2.05, 4.69) is 9.97 Å². The molecule has 3 aromatic rings. The summed E-state index contributed by atoms with van der Waals surface area (Å²) in [5, 5.41) is 0.665. The lowest BCUT2D eigenvalue weighted by molar-refractivity contribution is -0.137. The van der Waals surface area contributed by atoms with Crippen molar-refractivity contribution in [2.24, 2.45) is 5.92 Å². The van der Waals surface area contributed by atoms with Gasteiger partial charge >= 0.3 is 6.18 Å². The maximum absolute atomic E-state index is 13.1. The number of carbonyl (C=O) groups is 1. The van der Waals surface area contributed by atoms with E-state index in [4.69, 9.17) is 9.47 Å². The number of ether oxygens (including phenoxy) is 2. The largest absolute Gasteiger partial charge is 0.439 e. The molecule has 0 aliphatic carbocycles. The van der Waals surface area contributed by atoms with Crippen LogP contribution in [0.2, 0.25) is 0 Å². The van der Waals surface area contributed by atoms with Crippen molar-refractivity contribution in [3.05, 3.63) is 59.9 Å². The van der Waals surface area contributed by atoms with E-state index in [9.17, 15) is 26.4 Å². The monoisotopic (exact) mass is 550 g/mol. The van der Waals surface area contributed by atoms with Gasteiger partial charge in [0.25, 0.3) is 5.91 Å². The molecule has 5 rings (SSSR count). The number of nitrogens with zero attached hydrogens (tertiary/aromatic N) is 4. The molecule has 1 atom stereocenters. The van der Waals surface area contributed by atoms with E-state index < -0.39 is 21.8 Å². The third kappa shape index (κ3) is 5.89. The van der Waals surface area contributed by atoms with Gasteiger partial charge in [0, 0.05) is 50.4 Å². The highest BCUT2D eigenvalue weighted by Crippen LogP contribution is 2.30. The van der Waals surface area contributed by atoms with Gasteiger partial charge in [-0.25, -0.2) is 18.4 Å². The number of amides is 1. The standard InChI is InChI=1S/C25H25F3N4O5S/c26-25(27,28)19-2-6-23(29-14-19)37-20-3-5-21-18(13-20)1-4-22(30-21)24(33)31-8-10-32(11-9-31)38(34,35)16-17-7-12-36-15-17/h1-6,13-14,17H,7-12,15-16H2. The number of fused-ring (bicyclic) bond motifs is 1. The fourth-order valence-electron chi connectivity index (χ4n) is 4.46. The third-order valence-corrected chi connectivity index (χ3v) is 8.60. The van der Waals surface area contributed by atoms with Crippen LogP contribution in [0.1, 0.15) is 22.5 Å². The number of sulfonamides is 1. The van der Waals surface area contributed by atoms with Crippen LogP contribution in [-0.2, 0) is 20.9 Å². The summed E-state index contributed by atoms with van der Waals surface area (Å²) >= 11 is 0. The molecule has 0 spiro atoms. The first-order chi connectivity index (χ1) is 18.1. The first kappa shape index (κ1) is 26.3. The summed E-state index contributed by atoms with van der Waals surface area (Å²) in [5.41, 5.74) is -0.106. The van der Waals surface area contributed by atoms with Crippen molar-refractivity contribution < 1.29 is 35.9 Å². The molecule has 9 nitrogen and oxygen atoms in total. The zero-order valence-corrected chi connectivity index (χ0v) is 21.0. The Bertz CT molecular complexity index is 1420. The zero-order valence-electron chi connectivity index (χ0n) is 20.2. The van der Waals surface area contributed by atoms with E-state index in [0.29, 0.717) is 36.1 Å². The molecule has 1 aromatic carbocycles. The minimum Gasteiger partial charge on any atom is -0.439 e. The molecular formula is C25H25F3N4O5S. The molecule has 0 bridgehead atoms. The summed E-state index contributed by atoms with van der Waals surface area (Å²) in [5.74, 6) is 0.149. The molecule has 0 radical (unpaired) electrons. The Hall–Kier alpha value is -3.29. The summed E-state index contributed by atoms with van der Waals surface area (Å²) in [6.07, 6.45) is -3.04. The first-order valence-corrected chi connectivity index (χ1v) is 13.7. The van der Waals surface area contributed by atoms with E-state index in [1.54, 1.807) is 35.2 Å². The van der Waals surface area contributed by atoms with Crippen LogP contribution in [0.5, 0.6) is 11.6 Å². The van der Waals surface area contributed by atoms with Gasteiger partial charge in [0.2, 0.25) is 15.9 Å². The number of pyridine rings is 2. The molecule has 0 N–H and O–H groups in total. The first-order valence-electron chi connectivity index (χ1n) is 12.1. The minimum absolute atomic E-state index is 0.00911. The summed E-state index contributed by atoms with van der Waals surface area (Å²) < 4.78 is 75.9. The average molecular weight is 551 g/mol. The van der Waals surface area contributed by atoms with Crippen LogP contribution < -0.4 is 4.74 Å². The van der Waals surface area contributed by atoms with E-state index in [1.165, 1.54) is 4.31 Å². The molecule has 202 valence electrons. The SMILES string of the molecule is O=C(c1ccc2cc(Oc3ccc(C(F)(F)F)cn3)ccc2n1)N1CCN(S(=O)(=O)CC2CCOC2)CC1. The number of aromatic nitrogens is 2. The molecule has 2 aliphatic rings. The van der Waals surface area contributed by atoms with Crippen molar-refractivity contribution in [1.29, 1.82) is 0 Å². The molecule has 1 amide bonds. The molecule has 4 heterocycles. The average Bonchev–Trinajstić information content (AvgIpc) is 3.40. The summed E-state index contributed by atoms with van der Waals surface area (Å²) in [6, 6.07) is 10.2. The predicted octanol–water partition coefficient (Wildman–Crippen LogP) is 3.57. The van der Waals surface area contributed by atoms with Gasteiger partial charge in [0.1, 0.15) is 11.4 Å². The fraction of sp³-hybridized carbons (Fsp3) is 0.400. The number of benzene rings is 1. The van der Waals surface area contributed by atoms with E-state index in [1.807, 2.05) is 0 Å². The van der Waals surface area contributed by atoms with E-state index in [0.717, 1.165) is 18.6 Å². The Kier molecular flexibility index (Phi) is 7.25. The van der Waals surface area contributed by atoms with Crippen LogP contribution in [0.3, 0.4) is 0 Å². The fourth-order valence-corrected chi connectivity index (χ4v) is 6.25. The van der Waals surface area contributed by atoms with Gasteiger partial charge in [0.05, 0.1) is 23.4 Å². The van der Waals surface area contributed by atoms with Crippen molar-refractivity contribution >= 4 is 26.8 Å². The second kappa shape index (κ2) is 10.5. The number of alkyl halides is 3. The molecule has 2 saturated heterocycles. The topological polar surface area (TPSA) is 102 Å². The second-order valence-corrected chi connectivity index (χ2v) is 11.2. The number of hydrogen-bond donors (Lipinski definition) is 0. The molecule has 2 aromatic heterocycles.